The predicted octanol–water partition coefficient (Wildman–Crippen LogP) is 2.02. The van der Waals surface area contributed by atoms with E-state index in [-0.39, 0.29) is 0 Å². The quantitative estimate of drug-likeness (QED) is 0.770. The molecule has 0 aliphatic rings. The summed E-state index contributed by atoms with van der Waals surface area (Å²) in [7, 11) is 7.74. The number of likely N-dealkylation sites (N-methyl/N-ethyl adjacent to an activating group) is 1. The Hall–Kier alpha value is -1.65. The summed E-state index contributed by atoms with van der Waals surface area (Å²) in [5, 5.41) is 4.26. The first-order valence-electron chi connectivity index (χ1n) is 6.35. The van der Waals surface area contributed by atoms with E-state index < -0.39 is 5.72 Å². The van der Waals surface area contributed by atoms with Crippen LogP contribution >= 0.6 is 0 Å². The molecular formula is C15H21N3O. The fraction of sp³-hybridized carbons (Fsp3) is 0.400. The number of hydrogen-bond acceptors (Lipinski definition) is 3. The molecule has 0 saturated carbocycles. The van der Waals surface area contributed by atoms with Crippen LogP contribution in [0, 0.1) is 0 Å². The zero-order valence-corrected chi connectivity index (χ0v) is 12.0. The predicted molar refractivity (Wildman–Crippen MR) is 75.7 cm³/mol. The van der Waals surface area contributed by atoms with E-state index in [2.05, 4.69) is 34.3 Å². The molecule has 4 nitrogen and oxygen atoms in total. The van der Waals surface area contributed by atoms with Crippen molar-refractivity contribution in [2.45, 2.75) is 12.1 Å². The van der Waals surface area contributed by atoms with Crippen LogP contribution in [0.5, 0.6) is 0 Å². The molecule has 1 aromatic heterocycles. The zero-order chi connectivity index (χ0) is 13.9. The summed E-state index contributed by atoms with van der Waals surface area (Å²) in [6, 6.07) is 12.4. The lowest BCUT2D eigenvalue weighted by Crippen LogP contribution is -2.46. The average Bonchev–Trinajstić information content (AvgIpc) is 2.83. The van der Waals surface area contributed by atoms with Crippen LogP contribution < -0.4 is 0 Å². The van der Waals surface area contributed by atoms with Gasteiger partial charge >= 0.3 is 0 Å². The molecule has 2 rings (SSSR count). The summed E-state index contributed by atoms with van der Waals surface area (Å²) in [5.41, 5.74) is 1.77. The third kappa shape index (κ3) is 2.55. The van der Waals surface area contributed by atoms with E-state index in [9.17, 15) is 0 Å². The third-order valence-electron chi connectivity index (χ3n) is 3.57. The van der Waals surface area contributed by atoms with Gasteiger partial charge in [0.2, 0.25) is 0 Å². The lowest BCUT2D eigenvalue weighted by Gasteiger charge is -2.38. The van der Waals surface area contributed by atoms with Gasteiger partial charge in [0.25, 0.3) is 0 Å². The molecule has 0 aliphatic heterocycles. The minimum Gasteiger partial charge on any atom is -0.357 e. The van der Waals surface area contributed by atoms with Crippen molar-refractivity contribution < 1.29 is 4.74 Å². The van der Waals surface area contributed by atoms with E-state index in [1.165, 1.54) is 5.56 Å². The van der Waals surface area contributed by atoms with Crippen LogP contribution in [-0.4, -0.2) is 35.9 Å². The Kier molecular flexibility index (Phi) is 4.02. The van der Waals surface area contributed by atoms with Gasteiger partial charge in [0.1, 0.15) is 0 Å². The van der Waals surface area contributed by atoms with Crippen LogP contribution in [0.15, 0.2) is 42.6 Å². The number of aryl methyl sites for hydroxylation is 1. The number of benzene rings is 1. The fourth-order valence-corrected chi connectivity index (χ4v) is 2.47. The monoisotopic (exact) mass is 259 g/mol. The molecule has 0 aliphatic carbocycles. The van der Waals surface area contributed by atoms with Gasteiger partial charge in [-0.1, -0.05) is 30.3 Å². The number of ether oxygens (including phenoxy) is 1. The van der Waals surface area contributed by atoms with Crippen molar-refractivity contribution in [1.82, 2.24) is 14.7 Å². The molecule has 1 unspecified atom stereocenters. The van der Waals surface area contributed by atoms with Crippen molar-refractivity contribution in [3.8, 4) is 0 Å². The topological polar surface area (TPSA) is 30.3 Å². The minimum absolute atomic E-state index is 0.507. The van der Waals surface area contributed by atoms with Crippen molar-refractivity contribution in [1.29, 1.82) is 0 Å². The highest BCUT2D eigenvalue weighted by atomic mass is 16.5. The molecule has 19 heavy (non-hydrogen) atoms. The Morgan fingerprint density at radius 1 is 1.21 bits per heavy atom. The molecule has 2 aromatic rings. The minimum atomic E-state index is -0.507. The number of rotatable bonds is 5. The van der Waals surface area contributed by atoms with Gasteiger partial charge in [-0.2, -0.15) is 5.10 Å². The van der Waals surface area contributed by atoms with Crippen LogP contribution in [0.2, 0.25) is 0 Å². The Morgan fingerprint density at radius 2 is 1.89 bits per heavy atom. The molecule has 0 saturated heterocycles. The smallest absolute Gasteiger partial charge is 0.167 e. The summed E-state index contributed by atoms with van der Waals surface area (Å²) in [4.78, 5) is 2.09. The highest BCUT2D eigenvalue weighted by Crippen LogP contribution is 2.31. The molecule has 0 radical (unpaired) electrons. The van der Waals surface area contributed by atoms with Crippen LogP contribution in [0.1, 0.15) is 11.3 Å². The summed E-state index contributed by atoms with van der Waals surface area (Å²) in [5.74, 6) is 0. The molecule has 0 amide bonds. The van der Waals surface area contributed by atoms with Crippen LogP contribution in [0.4, 0.5) is 0 Å². The largest absolute Gasteiger partial charge is 0.357 e. The first-order chi connectivity index (χ1) is 9.10. The third-order valence-corrected chi connectivity index (χ3v) is 3.57. The van der Waals surface area contributed by atoms with Crippen molar-refractivity contribution in [2.24, 2.45) is 7.05 Å². The second-order valence-corrected chi connectivity index (χ2v) is 4.89. The van der Waals surface area contributed by atoms with Gasteiger partial charge < -0.3 is 4.74 Å². The van der Waals surface area contributed by atoms with E-state index in [1.807, 2.05) is 38.0 Å². The van der Waals surface area contributed by atoms with Gasteiger partial charge in [-0.3, -0.25) is 9.58 Å². The van der Waals surface area contributed by atoms with Crippen molar-refractivity contribution in [3.63, 3.8) is 0 Å². The van der Waals surface area contributed by atoms with Gasteiger partial charge in [-0.15, -0.1) is 0 Å². The number of hydrogen-bond donors (Lipinski definition) is 0. The lowest BCUT2D eigenvalue weighted by atomic mass is 9.98. The highest BCUT2D eigenvalue weighted by molar-refractivity contribution is 5.21. The Morgan fingerprint density at radius 3 is 2.37 bits per heavy atom. The van der Waals surface area contributed by atoms with Crippen LogP contribution in [-0.2, 0) is 23.9 Å². The molecule has 1 atom stereocenters. The number of nitrogens with zero attached hydrogens (tertiary/aromatic N) is 3. The van der Waals surface area contributed by atoms with Crippen LogP contribution in [0.3, 0.4) is 0 Å². The molecule has 4 heteroatoms. The Balaban J connectivity index is 2.44. The van der Waals surface area contributed by atoms with Gasteiger partial charge in [0, 0.05) is 26.8 Å². The van der Waals surface area contributed by atoms with E-state index in [0.717, 1.165) is 12.1 Å². The fourth-order valence-electron chi connectivity index (χ4n) is 2.47. The first kappa shape index (κ1) is 13.8. The second kappa shape index (κ2) is 5.55. The first-order valence-corrected chi connectivity index (χ1v) is 6.35. The molecule has 0 spiro atoms. The zero-order valence-electron chi connectivity index (χ0n) is 12.0. The molecule has 0 fully saturated rings. The van der Waals surface area contributed by atoms with Gasteiger partial charge in [-0.25, -0.2) is 0 Å². The van der Waals surface area contributed by atoms with Gasteiger partial charge in [0.15, 0.2) is 5.72 Å². The molecule has 0 N–H and O–H groups in total. The molecule has 1 heterocycles. The molecule has 1 aromatic carbocycles. The van der Waals surface area contributed by atoms with Crippen molar-refractivity contribution in [2.75, 3.05) is 21.2 Å². The Labute approximate surface area is 114 Å². The number of methoxy groups -OCH3 is 1. The maximum atomic E-state index is 5.89. The average molecular weight is 259 g/mol. The van der Waals surface area contributed by atoms with Crippen molar-refractivity contribution in [3.05, 3.63) is 53.9 Å². The van der Waals surface area contributed by atoms with Gasteiger partial charge in [0.05, 0.1) is 5.69 Å². The van der Waals surface area contributed by atoms with E-state index in [4.69, 9.17) is 4.74 Å². The normalized spacial score (nSPS) is 14.6. The van der Waals surface area contributed by atoms with Gasteiger partial charge in [-0.05, 0) is 25.7 Å². The summed E-state index contributed by atoms with van der Waals surface area (Å²) < 4.78 is 7.76. The van der Waals surface area contributed by atoms with Crippen molar-refractivity contribution >= 4 is 0 Å². The maximum Gasteiger partial charge on any atom is 0.167 e. The Bertz CT molecular complexity index is 521. The molecule has 0 bridgehead atoms. The van der Waals surface area contributed by atoms with E-state index in [0.29, 0.717) is 0 Å². The standard InChI is InChI=1S/C15H21N3O/c1-17(2)15(19-4,14-10-11-16-18(14)3)12-13-8-6-5-7-9-13/h5-11H,12H2,1-4H3. The van der Waals surface area contributed by atoms with E-state index in [1.54, 1.807) is 13.3 Å². The van der Waals surface area contributed by atoms with E-state index >= 15 is 0 Å². The second-order valence-electron chi connectivity index (χ2n) is 4.89. The van der Waals surface area contributed by atoms with Crippen LogP contribution in [0.25, 0.3) is 0 Å². The number of aromatic nitrogens is 2. The summed E-state index contributed by atoms with van der Waals surface area (Å²) >= 11 is 0. The SMILES string of the molecule is COC(Cc1ccccc1)(c1ccnn1C)N(C)C. The molecule has 102 valence electrons. The maximum absolute atomic E-state index is 5.89. The lowest BCUT2D eigenvalue weighted by molar-refractivity contribution is -0.127. The summed E-state index contributed by atoms with van der Waals surface area (Å²) in [6.07, 6.45) is 2.58. The summed E-state index contributed by atoms with van der Waals surface area (Å²) in [6.45, 7) is 0. The highest BCUT2D eigenvalue weighted by Gasteiger charge is 2.37. The molecular weight excluding hydrogens is 238 g/mol.